The highest BCUT2D eigenvalue weighted by Crippen LogP contribution is 2.05. The van der Waals surface area contributed by atoms with E-state index in [0.29, 0.717) is 5.56 Å². The second kappa shape index (κ2) is 8.75. The number of hydrazine groups is 1. The molecule has 0 unspecified atom stereocenters. The minimum Gasteiger partial charge on any atom is -0.298 e. The minimum absolute atomic E-state index is 0.0135. The van der Waals surface area contributed by atoms with E-state index in [1.54, 1.807) is 24.3 Å². The molecule has 0 aromatic heterocycles. The van der Waals surface area contributed by atoms with E-state index in [4.69, 9.17) is 12.2 Å². The Bertz CT molecular complexity index is 814. The van der Waals surface area contributed by atoms with Gasteiger partial charge in [0, 0.05) is 11.6 Å². The Labute approximate surface area is 152 Å². The fraction of sp³-hybridized carbons (Fsp3) is 0.105. The summed E-state index contributed by atoms with van der Waals surface area (Å²) >= 11 is 4.98. The second-order valence-electron chi connectivity index (χ2n) is 5.51. The predicted octanol–water partition coefficient (Wildman–Crippen LogP) is 2.65. The maximum Gasteiger partial charge on any atom is 0.269 e. The molecule has 0 aliphatic carbocycles. The lowest BCUT2D eigenvalue weighted by atomic mass is 10.1. The molecule has 0 fully saturated rings. The third kappa shape index (κ3) is 6.19. The van der Waals surface area contributed by atoms with E-state index in [0.717, 1.165) is 16.7 Å². The van der Waals surface area contributed by atoms with Crippen molar-refractivity contribution < 1.29 is 9.59 Å². The molecule has 5 nitrogen and oxygen atoms in total. The summed E-state index contributed by atoms with van der Waals surface area (Å²) in [6.45, 7) is 3.89. The van der Waals surface area contributed by atoms with Gasteiger partial charge < -0.3 is 0 Å². The lowest BCUT2D eigenvalue weighted by Crippen LogP contribution is -2.48. The first kappa shape index (κ1) is 18.4. The van der Waals surface area contributed by atoms with Crippen LogP contribution in [0.2, 0.25) is 0 Å². The molecule has 0 radical (unpaired) electrons. The molecular weight excluding hydrogens is 334 g/mol. The summed E-state index contributed by atoms with van der Waals surface area (Å²) < 4.78 is 0. The lowest BCUT2D eigenvalue weighted by Gasteiger charge is -2.10. The number of benzene rings is 2. The number of rotatable bonds is 3. The summed E-state index contributed by atoms with van der Waals surface area (Å²) in [5.74, 6) is -0.724. The van der Waals surface area contributed by atoms with Crippen LogP contribution in [-0.2, 0) is 4.79 Å². The molecule has 0 saturated carbocycles. The number of amides is 2. The Balaban J connectivity index is 1.80. The van der Waals surface area contributed by atoms with E-state index < -0.39 is 0 Å². The van der Waals surface area contributed by atoms with Crippen LogP contribution in [0.1, 0.15) is 27.0 Å². The molecule has 128 valence electrons. The number of aryl methyl sites for hydroxylation is 2. The average molecular weight is 353 g/mol. The van der Waals surface area contributed by atoms with Gasteiger partial charge in [-0.25, -0.2) is 0 Å². The molecule has 0 saturated heterocycles. The molecule has 0 spiro atoms. The van der Waals surface area contributed by atoms with E-state index in [1.165, 1.54) is 6.08 Å². The highest BCUT2D eigenvalue weighted by molar-refractivity contribution is 7.80. The highest BCUT2D eigenvalue weighted by Gasteiger charge is 2.06. The molecule has 0 atom stereocenters. The van der Waals surface area contributed by atoms with Crippen molar-refractivity contribution in [1.82, 2.24) is 16.2 Å². The normalized spacial score (nSPS) is 10.3. The number of hydrogen-bond donors (Lipinski definition) is 3. The number of thiocarbonyl (C=S) groups is 1. The summed E-state index contributed by atoms with van der Waals surface area (Å²) in [5, 5.41) is 2.47. The second-order valence-corrected chi connectivity index (χ2v) is 5.92. The Kier molecular flexibility index (Phi) is 6.42. The van der Waals surface area contributed by atoms with Crippen molar-refractivity contribution in [2.24, 2.45) is 0 Å². The molecule has 0 heterocycles. The van der Waals surface area contributed by atoms with Gasteiger partial charge in [-0.3, -0.25) is 25.8 Å². The van der Waals surface area contributed by atoms with Gasteiger partial charge in [-0.2, -0.15) is 0 Å². The number of hydrogen-bond acceptors (Lipinski definition) is 3. The third-order valence-corrected chi connectivity index (χ3v) is 3.52. The molecule has 0 aliphatic rings. The fourth-order valence-electron chi connectivity index (χ4n) is 2.01. The Morgan fingerprint density at radius 2 is 1.68 bits per heavy atom. The van der Waals surface area contributed by atoms with Crippen LogP contribution in [-0.4, -0.2) is 16.9 Å². The average Bonchev–Trinajstić information content (AvgIpc) is 2.59. The first-order valence-corrected chi connectivity index (χ1v) is 8.07. The zero-order valence-corrected chi connectivity index (χ0v) is 14.8. The Hall–Kier alpha value is -2.99. The maximum absolute atomic E-state index is 12.0. The molecule has 6 heteroatoms. The molecule has 0 bridgehead atoms. The summed E-state index contributed by atoms with van der Waals surface area (Å²) in [6.07, 6.45) is 3.06. The van der Waals surface area contributed by atoms with Crippen molar-refractivity contribution in [2.75, 3.05) is 0 Å². The van der Waals surface area contributed by atoms with Crippen molar-refractivity contribution in [3.63, 3.8) is 0 Å². The van der Waals surface area contributed by atoms with E-state index in [-0.39, 0.29) is 16.9 Å². The van der Waals surface area contributed by atoms with Crippen molar-refractivity contribution >= 4 is 35.2 Å². The molecular formula is C19H19N3O2S. The molecule has 2 aromatic carbocycles. The number of nitrogens with one attached hydrogen (secondary N) is 3. The first-order chi connectivity index (χ1) is 11.9. The molecule has 2 rings (SSSR count). The van der Waals surface area contributed by atoms with Crippen LogP contribution in [0.15, 0.2) is 54.6 Å². The Morgan fingerprint density at radius 3 is 2.36 bits per heavy atom. The Morgan fingerprint density at radius 1 is 0.960 bits per heavy atom. The van der Waals surface area contributed by atoms with Crippen LogP contribution < -0.4 is 16.2 Å². The van der Waals surface area contributed by atoms with Gasteiger partial charge in [-0.05, 0) is 49.8 Å². The zero-order chi connectivity index (χ0) is 18.2. The van der Waals surface area contributed by atoms with Gasteiger partial charge >= 0.3 is 0 Å². The summed E-state index contributed by atoms with van der Waals surface area (Å²) in [4.78, 5) is 23.8. The van der Waals surface area contributed by atoms with Crippen LogP contribution in [0.5, 0.6) is 0 Å². The lowest BCUT2D eigenvalue weighted by molar-refractivity contribution is -0.115. The van der Waals surface area contributed by atoms with Gasteiger partial charge in [-0.15, -0.1) is 0 Å². The van der Waals surface area contributed by atoms with Crippen molar-refractivity contribution in [2.45, 2.75) is 13.8 Å². The SMILES string of the molecule is Cc1ccc(/C=C/C(=O)NC(=S)NNC(=O)c2cccc(C)c2)cc1. The van der Waals surface area contributed by atoms with Gasteiger partial charge in [0.05, 0.1) is 0 Å². The number of carbonyl (C=O) groups is 2. The highest BCUT2D eigenvalue weighted by atomic mass is 32.1. The first-order valence-electron chi connectivity index (χ1n) is 7.67. The molecule has 2 aromatic rings. The number of carbonyl (C=O) groups excluding carboxylic acids is 2. The van der Waals surface area contributed by atoms with Crippen molar-refractivity contribution in [1.29, 1.82) is 0 Å². The molecule has 3 N–H and O–H groups in total. The van der Waals surface area contributed by atoms with Crippen LogP contribution in [0.25, 0.3) is 6.08 Å². The van der Waals surface area contributed by atoms with Crippen LogP contribution in [0.3, 0.4) is 0 Å². The molecule has 2 amide bonds. The predicted molar refractivity (Wildman–Crippen MR) is 103 cm³/mol. The van der Waals surface area contributed by atoms with Crippen LogP contribution in [0, 0.1) is 13.8 Å². The standard InChI is InChI=1S/C19H19N3O2S/c1-13-6-8-15(9-7-13)10-11-17(23)20-19(25)22-21-18(24)16-5-3-4-14(2)12-16/h3-12H,1-2H3,(H,21,24)(H2,20,22,23,25)/b11-10+. The van der Waals surface area contributed by atoms with Crippen molar-refractivity contribution in [3.05, 3.63) is 76.9 Å². The largest absolute Gasteiger partial charge is 0.298 e. The van der Waals surface area contributed by atoms with E-state index in [1.807, 2.05) is 44.2 Å². The minimum atomic E-state index is -0.386. The van der Waals surface area contributed by atoms with Crippen LogP contribution in [0.4, 0.5) is 0 Å². The van der Waals surface area contributed by atoms with E-state index in [9.17, 15) is 9.59 Å². The van der Waals surface area contributed by atoms with Gasteiger partial charge in [0.1, 0.15) is 0 Å². The van der Waals surface area contributed by atoms with Gasteiger partial charge in [0.2, 0.25) is 5.91 Å². The third-order valence-electron chi connectivity index (χ3n) is 3.31. The van der Waals surface area contributed by atoms with Crippen molar-refractivity contribution in [3.8, 4) is 0 Å². The summed E-state index contributed by atoms with van der Waals surface area (Å²) in [5.41, 5.74) is 8.48. The van der Waals surface area contributed by atoms with Gasteiger partial charge in [0.25, 0.3) is 5.91 Å². The maximum atomic E-state index is 12.0. The summed E-state index contributed by atoms with van der Waals surface area (Å²) in [7, 11) is 0. The quantitative estimate of drug-likeness (QED) is 0.451. The molecule has 0 aliphatic heterocycles. The van der Waals surface area contributed by atoms with E-state index >= 15 is 0 Å². The smallest absolute Gasteiger partial charge is 0.269 e. The fourth-order valence-corrected chi connectivity index (χ4v) is 2.16. The van der Waals surface area contributed by atoms with Gasteiger partial charge in [0.15, 0.2) is 5.11 Å². The van der Waals surface area contributed by atoms with Gasteiger partial charge in [-0.1, -0.05) is 47.5 Å². The zero-order valence-electron chi connectivity index (χ0n) is 14.0. The van der Waals surface area contributed by atoms with Crippen LogP contribution >= 0.6 is 12.2 Å². The topological polar surface area (TPSA) is 70.2 Å². The molecule has 25 heavy (non-hydrogen) atoms. The monoisotopic (exact) mass is 353 g/mol. The summed E-state index contributed by atoms with van der Waals surface area (Å²) in [6, 6.07) is 14.9. The van der Waals surface area contributed by atoms with E-state index in [2.05, 4.69) is 16.2 Å².